The number of aromatic nitrogens is 1. The lowest BCUT2D eigenvalue weighted by Gasteiger charge is -2.06. The van der Waals surface area contributed by atoms with E-state index in [1.807, 2.05) is 18.2 Å². The highest BCUT2D eigenvalue weighted by Gasteiger charge is 2.23. The van der Waals surface area contributed by atoms with Crippen molar-refractivity contribution in [1.29, 1.82) is 0 Å². The van der Waals surface area contributed by atoms with Crippen molar-refractivity contribution < 1.29 is 4.39 Å². The lowest BCUT2D eigenvalue weighted by Crippen LogP contribution is -2.01. The lowest BCUT2D eigenvalue weighted by atomic mass is 10.2. The summed E-state index contributed by atoms with van der Waals surface area (Å²) >= 11 is 0. The molecule has 0 unspecified atom stereocenters. The largest absolute Gasteiger partial charge is 0.341 e. The molecule has 1 heterocycles. The Bertz CT molecular complexity index is 549. The standard InChI is InChI=1S/C14H14FN/c1-2-11-8-12-13(15)4-3-5-14(12)16(11)9-10-6-7-10/h2-5,8,10H,1,6-7,9H2. The highest BCUT2D eigenvalue weighted by molar-refractivity contribution is 5.84. The van der Waals surface area contributed by atoms with E-state index in [1.165, 1.54) is 18.9 Å². The van der Waals surface area contributed by atoms with Gasteiger partial charge in [-0.3, -0.25) is 0 Å². The van der Waals surface area contributed by atoms with Crippen LogP contribution in [0.15, 0.2) is 30.8 Å². The van der Waals surface area contributed by atoms with E-state index in [9.17, 15) is 4.39 Å². The van der Waals surface area contributed by atoms with Gasteiger partial charge < -0.3 is 4.57 Å². The first-order valence-corrected chi connectivity index (χ1v) is 5.70. The summed E-state index contributed by atoms with van der Waals surface area (Å²) in [4.78, 5) is 0. The summed E-state index contributed by atoms with van der Waals surface area (Å²) in [5, 5.41) is 0.707. The van der Waals surface area contributed by atoms with Crippen LogP contribution in [0.3, 0.4) is 0 Å². The van der Waals surface area contributed by atoms with Gasteiger partial charge in [-0.05, 0) is 43.0 Å². The van der Waals surface area contributed by atoms with Crippen LogP contribution < -0.4 is 0 Å². The van der Waals surface area contributed by atoms with E-state index in [2.05, 4.69) is 11.1 Å². The minimum Gasteiger partial charge on any atom is -0.341 e. The Balaban J connectivity index is 2.21. The molecule has 0 bridgehead atoms. The fraction of sp³-hybridized carbons (Fsp3) is 0.286. The molecule has 0 atom stereocenters. The highest BCUT2D eigenvalue weighted by Crippen LogP contribution is 2.33. The first-order chi connectivity index (χ1) is 7.79. The molecule has 1 nitrogen and oxygen atoms in total. The second kappa shape index (κ2) is 3.48. The minimum atomic E-state index is -0.143. The number of halogens is 1. The van der Waals surface area contributed by atoms with Crippen LogP contribution in [-0.4, -0.2) is 4.57 Å². The van der Waals surface area contributed by atoms with Gasteiger partial charge in [0.15, 0.2) is 0 Å². The molecule has 1 aromatic heterocycles. The Morgan fingerprint density at radius 1 is 1.44 bits per heavy atom. The number of fused-ring (bicyclic) bond motifs is 1. The van der Waals surface area contributed by atoms with E-state index in [0.717, 1.165) is 23.7 Å². The van der Waals surface area contributed by atoms with Gasteiger partial charge in [0, 0.05) is 17.6 Å². The van der Waals surface area contributed by atoms with Gasteiger partial charge in [-0.2, -0.15) is 0 Å². The lowest BCUT2D eigenvalue weighted by molar-refractivity contribution is 0.634. The maximum Gasteiger partial charge on any atom is 0.132 e. The summed E-state index contributed by atoms with van der Waals surface area (Å²) in [5.74, 6) is 0.632. The molecular weight excluding hydrogens is 201 g/mol. The summed E-state index contributed by atoms with van der Waals surface area (Å²) in [5.41, 5.74) is 2.01. The third-order valence-corrected chi connectivity index (χ3v) is 3.27. The van der Waals surface area contributed by atoms with Crippen LogP contribution >= 0.6 is 0 Å². The average Bonchev–Trinajstić information content (AvgIpc) is 3.02. The van der Waals surface area contributed by atoms with Crippen molar-refractivity contribution in [1.82, 2.24) is 4.57 Å². The van der Waals surface area contributed by atoms with Crippen molar-refractivity contribution in [3.63, 3.8) is 0 Å². The summed E-state index contributed by atoms with van der Waals surface area (Å²) in [7, 11) is 0. The van der Waals surface area contributed by atoms with Gasteiger partial charge in [0.2, 0.25) is 0 Å². The van der Waals surface area contributed by atoms with Gasteiger partial charge in [0.1, 0.15) is 5.82 Å². The van der Waals surface area contributed by atoms with Gasteiger partial charge in [-0.25, -0.2) is 4.39 Å². The van der Waals surface area contributed by atoms with Crippen molar-refractivity contribution in [2.45, 2.75) is 19.4 Å². The smallest absolute Gasteiger partial charge is 0.132 e. The maximum atomic E-state index is 13.6. The molecule has 0 amide bonds. The number of nitrogens with zero attached hydrogens (tertiary/aromatic N) is 1. The average molecular weight is 215 g/mol. The number of hydrogen-bond acceptors (Lipinski definition) is 0. The molecule has 1 saturated carbocycles. The van der Waals surface area contributed by atoms with Crippen LogP contribution in [0.4, 0.5) is 4.39 Å². The predicted molar refractivity (Wildman–Crippen MR) is 64.7 cm³/mol. The van der Waals surface area contributed by atoms with Gasteiger partial charge in [0.05, 0.1) is 5.52 Å². The Kier molecular flexibility index (Phi) is 2.10. The van der Waals surface area contributed by atoms with E-state index in [4.69, 9.17) is 0 Å². The third-order valence-electron chi connectivity index (χ3n) is 3.27. The Morgan fingerprint density at radius 3 is 2.94 bits per heavy atom. The van der Waals surface area contributed by atoms with Crippen molar-refractivity contribution in [2.75, 3.05) is 0 Å². The topological polar surface area (TPSA) is 4.93 Å². The molecule has 82 valence electrons. The summed E-state index contributed by atoms with van der Waals surface area (Å²) in [6.07, 6.45) is 4.40. The third kappa shape index (κ3) is 1.45. The van der Waals surface area contributed by atoms with Crippen molar-refractivity contribution in [3.05, 3.63) is 42.4 Å². The zero-order valence-corrected chi connectivity index (χ0v) is 9.12. The SMILES string of the molecule is C=Cc1cc2c(F)cccc2n1CC1CC1. The van der Waals surface area contributed by atoms with Crippen molar-refractivity contribution >= 4 is 17.0 Å². The Hall–Kier alpha value is -1.57. The van der Waals surface area contributed by atoms with E-state index in [1.54, 1.807) is 6.07 Å². The molecule has 1 fully saturated rings. The van der Waals surface area contributed by atoms with Crippen LogP contribution in [0.2, 0.25) is 0 Å². The second-order valence-electron chi connectivity index (χ2n) is 4.50. The summed E-state index contributed by atoms with van der Waals surface area (Å²) in [6.45, 7) is 4.80. The molecule has 16 heavy (non-hydrogen) atoms. The molecule has 1 aliphatic carbocycles. The molecule has 1 aliphatic rings. The monoisotopic (exact) mass is 215 g/mol. The second-order valence-corrected chi connectivity index (χ2v) is 4.50. The molecule has 0 saturated heterocycles. The van der Waals surface area contributed by atoms with Crippen molar-refractivity contribution in [2.24, 2.45) is 5.92 Å². The van der Waals surface area contributed by atoms with Crippen LogP contribution in [0, 0.1) is 11.7 Å². The predicted octanol–water partition coefficient (Wildman–Crippen LogP) is 3.83. The fourth-order valence-corrected chi connectivity index (χ4v) is 2.20. The van der Waals surface area contributed by atoms with Gasteiger partial charge >= 0.3 is 0 Å². The number of benzene rings is 1. The molecule has 1 aromatic carbocycles. The zero-order chi connectivity index (χ0) is 11.1. The summed E-state index contributed by atoms with van der Waals surface area (Å²) < 4.78 is 15.8. The first kappa shape index (κ1) is 9.64. The maximum absolute atomic E-state index is 13.6. The molecule has 3 rings (SSSR count). The van der Waals surface area contributed by atoms with Crippen LogP contribution in [0.5, 0.6) is 0 Å². The first-order valence-electron chi connectivity index (χ1n) is 5.70. The number of rotatable bonds is 3. The molecule has 2 aromatic rings. The summed E-state index contributed by atoms with van der Waals surface area (Å²) in [6, 6.07) is 7.15. The minimum absolute atomic E-state index is 0.143. The zero-order valence-electron chi connectivity index (χ0n) is 9.12. The van der Waals surface area contributed by atoms with Crippen LogP contribution in [0.1, 0.15) is 18.5 Å². The Labute approximate surface area is 94.2 Å². The molecule has 0 N–H and O–H groups in total. The van der Waals surface area contributed by atoms with Gasteiger partial charge in [-0.15, -0.1) is 0 Å². The highest BCUT2D eigenvalue weighted by atomic mass is 19.1. The van der Waals surface area contributed by atoms with E-state index >= 15 is 0 Å². The molecule has 0 aliphatic heterocycles. The Morgan fingerprint density at radius 2 is 2.25 bits per heavy atom. The molecule has 0 radical (unpaired) electrons. The van der Waals surface area contributed by atoms with Crippen molar-refractivity contribution in [3.8, 4) is 0 Å². The van der Waals surface area contributed by atoms with E-state index in [-0.39, 0.29) is 5.82 Å². The van der Waals surface area contributed by atoms with Crippen LogP contribution in [-0.2, 0) is 6.54 Å². The quantitative estimate of drug-likeness (QED) is 0.733. The van der Waals surface area contributed by atoms with Crippen LogP contribution in [0.25, 0.3) is 17.0 Å². The normalized spacial score (nSPS) is 15.6. The molecule has 0 spiro atoms. The molecular formula is C14H14FN. The van der Waals surface area contributed by atoms with E-state index < -0.39 is 0 Å². The number of hydrogen-bond donors (Lipinski definition) is 0. The fourth-order valence-electron chi connectivity index (χ4n) is 2.20. The van der Waals surface area contributed by atoms with Gasteiger partial charge in [-0.1, -0.05) is 12.6 Å². The van der Waals surface area contributed by atoms with Gasteiger partial charge in [0.25, 0.3) is 0 Å². The molecule has 2 heteroatoms. The van der Waals surface area contributed by atoms with E-state index in [0.29, 0.717) is 5.39 Å².